The van der Waals surface area contributed by atoms with Gasteiger partial charge in [-0.05, 0) is 32.0 Å². The third kappa shape index (κ3) is 3.56. The molecule has 0 aliphatic rings. The van der Waals surface area contributed by atoms with Gasteiger partial charge in [0, 0.05) is 15.5 Å². The molecule has 0 bridgehead atoms. The maximum absolute atomic E-state index is 12.9. The molecule has 0 spiro atoms. The normalized spacial score (nSPS) is 11.0. The highest BCUT2D eigenvalue weighted by molar-refractivity contribution is 7.23. The van der Waals surface area contributed by atoms with Crippen LogP contribution in [0.3, 0.4) is 0 Å². The van der Waals surface area contributed by atoms with Crippen LogP contribution in [0.5, 0.6) is 5.75 Å². The van der Waals surface area contributed by atoms with E-state index in [1.165, 1.54) is 11.3 Å². The number of para-hydroxylation sites is 1. The number of benzene rings is 2. The molecule has 2 aromatic carbocycles. The number of carbonyl (C=O) groups is 2. The first-order chi connectivity index (χ1) is 14.1. The van der Waals surface area contributed by atoms with E-state index in [-0.39, 0.29) is 12.4 Å². The first-order valence-corrected chi connectivity index (χ1v) is 10.1. The van der Waals surface area contributed by atoms with Gasteiger partial charge in [0.05, 0.1) is 13.2 Å². The minimum absolute atomic E-state index is 0.138. The first kappa shape index (κ1) is 19.0. The van der Waals surface area contributed by atoms with Crippen molar-refractivity contribution in [3.05, 3.63) is 59.9 Å². The Morgan fingerprint density at radius 2 is 1.90 bits per heavy atom. The molecule has 0 aliphatic heterocycles. The number of amides is 1. The Kier molecular flexibility index (Phi) is 5.22. The van der Waals surface area contributed by atoms with Gasteiger partial charge in [-0.1, -0.05) is 30.3 Å². The number of esters is 1. The summed E-state index contributed by atoms with van der Waals surface area (Å²) in [5, 5.41) is 4.75. The maximum atomic E-state index is 12.9. The van der Waals surface area contributed by atoms with Crippen molar-refractivity contribution < 1.29 is 23.5 Å². The summed E-state index contributed by atoms with van der Waals surface area (Å²) in [6, 6.07) is 14.6. The van der Waals surface area contributed by atoms with Gasteiger partial charge in [-0.3, -0.25) is 4.79 Å². The zero-order valence-corrected chi connectivity index (χ0v) is 16.8. The summed E-state index contributed by atoms with van der Waals surface area (Å²) >= 11 is 1.32. The molecule has 148 valence electrons. The molecular weight excluding hydrogens is 390 g/mol. The summed E-state index contributed by atoms with van der Waals surface area (Å²) in [5.74, 6) is -0.193. The third-order valence-electron chi connectivity index (χ3n) is 4.33. The van der Waals surface area contributed by atoms with E-state index in [0.29, 0.717) is 28.5 Å². The van der Waals surface area contributed by atoms with Gasteiger partial charge in [-0.15, -0.1) is 11.3 Å². The van der Waals surface area contributed by atoms with E-state index in [2.05, 4.69) is 5.32 Å². The molecule has 1 N–H and O–H groups in total. The Morgan fingerprint density at radius 1 is 1.07 bits per heavy atom. The van der Waals surface area contributed by atoms with Gasteiger partial charge in [0.1, 0.15) is 10.6 Å². The molecule has 0 radical (unpaired) electrons. The zero-order valence-electron chi connectivity index (χ0n) is 16.0. The number of thiophene rings is 1. The Morgan fingerprint density at radius 3 is 2.69 bits per heavy atom. The summed E-state index contributed by atoms with van der Waals surface area (Å²) < 4.78 is 17.4. The van der Waals surface area contributed by atoms with Crippen LogP contribution in [-0.2, 0) is 4.74 Å². The fourth-order valence-corrected chi connectivity index (χ4v) is 4.21. The molecule has 0 atom stereocenters. The van der Waals surface area contributed by atoms with Gasteiger partial charge in [0.15, 0.2) is 17.1 Å². The van der Waals surface area contributed by atoms with E-state index in [9.17, 15) is 9.59 Å². The molecule has 0 saturated heterocycles. The summed E-state index contributed by atoms with van der Waals surface area (Å²) in [4.78, 5) is 25.4. The minimum atomic E-state index is -0.469. The highest BCUT2D eigenvalue weighted by Crippen LogP contribution is 2.37. The number of anilines is 1. The van der Waals surface area contributed by atoms with Crippen LogP contribution in [0.4, 0.5) is 5.00 Å². The molecule has 7 heteroatoms. The summed E-state index contributed by atoms with van der Waals surface area (Å²) in [6.45, 7) is 4.37. The van der Waals surface area contributed by atoms with Crippen molar-refractivity contribution in [3.8, 4) is 5.75 Å². The fraction of sp³-hybridized carbons (Fsp3) is 0.182. The van der Waals surface area contributed by atoms with Crippen molar-refractivity contribution in [2.45, 2.75) is 13.8 Å². The average molecular weight is 409 g/mol. The second-order valence-electron chi connectivity index (χ2n) is 6.20. The molecule has 4 aromatic rings. The standard InChI is InChI=1S/C22H19NO5S/c1-3-26-15-10-7-8-13-12-16(28-19(13)15)20(24)23-21-18(22(25)27-4-2)14-9-5-6-11-17(14)29-21/h5-12H,3-4H2,1-2H3,(H,23,24). The number of furan rings is 1. The lowest BCUT2D eigenvalue weighted by molar-refractivity contribution is 0.0530. The lowest BCUT2D eigenvalue weighted by atomic mass is 10.1. The first-order valence-electron chi connectivity index (χ1n) is 9.27. The van der Waals surface area contributed by atoms with Crippen LogP contribution in [-0.4, -0.2) is 25.1 Å². The summed E-state index contributed by atoms with van der Waals surface area (Å²) in [5.41, 5.74) is 0.869. The van der Waals surface area contributed by atoms with Gasteiger partial charge in [-0.2, -0.15) is 0 Å². The van der Waals surface area contributed by atoms with Crippen LogP contribution >= 0.6 is 11.3 Å². The van der Waals surface area contributed by atoms with Crippen LogP contribution in [0.1, 0.15) is 34.8 Å². The predicted octanol–water partition coefficient (Wildman–Crippen LogP) is 5.48. The van der Waals surface area contributed by atoms with Crippen LogP contribution in [0.15, 0.2) is 52.9 Å². The van der Waals surface area contributed by atoms with E-state index in [1.54, 1.807) is 19.1 Å². The number of ether oxygens (including phenoxy) is 2. The second kappa shape index (κ2) is 7.97. The van der Waals surface area contributed by atoms with Crippen LogP contribution in [0.25, 0.3) is 21.1 Å². The monoisotopic (exact) mass is 409 g/mol. The molecule has 4 rings (SSSR count). The molecular formula is C22H19NO5S. The SMILES string of the molecule is CCOC(=O)c1c(NC(=O)c2cc3cccc(OCC)c3o2)sc2ccccc12. The number of nitrogens with one attached hydrogen (secondary N) is 1. The Bertz CT molecular complexity index is 1210. The highest BCUT2D eigenvalue weighted by atomic mass is 32.1. The Labute approximate surface area is 171 Å². The lowest BCUT2D eigenvalue weighted by Crippen LogP contribution is -2.13. The third-order valence-corrected chi connectivity index (χ3v) is 5.42. The molecule has 0 fully saturated rings. The quantitative estimate of drug-likeness (QED) is 0.427. The number of rotatable bonds is 6. The second-order valence-corrected chi connectivity index (χ2v) is 7.25. The average Bonchev–Trinajstić information content (AvgIpc) is 3.30. The number of hydrogen-bond donors (Lipinski definition) is 1. The molecule has 0 aliphatic carbocycles. The topological polar surface area (TPSA) is 77.8 Å². The van der Waals surface area contributed by atoms with Crippen molar-refractivity contribution in [1.82, 2.24) is 0 Å². The maximum Gasteiger partial charge on any atom is 0.341 e. The summed E-state index contributed by atoms with van der Waals surface area (Å²) in [6.07, 6.45) is 0. The van der Waals surface area contributed by atoms with Crippen molar-refractivity contribution >= 4 is 49.3 Å². The molecule has 1 amide bonds. The number of hydrogen-bond acceptors (Lipinski definition) is 6. The van der Waals surface area contributed by atoms with Crippen molar-refractivity contribution in [2.24, 2.45) is 0 Å². The van der Waals surface area contributed by atoms with Crippen LogP contribution < -0.4 is 10.1 Å². The molecule has 0 unspecified atom stereocenters. The molecule has 2 heterocycles. The highest BCUT2D eigenvalue weighted by Gasteiger charge is 2.23. The summed E-state index contributed by atoms with van der Waals surface area (Å²) in [7, 11) is 0. The van der Waals surface area contributed by atoms with Gasteiger partial charge in [0.2, 0.25) is 0 Å². The van der Waals surface area contributed by atoms with Crippen molar-refractivity contribution in [1.29, 1.82) is 0 Å². The van der Waals surface area contributed by atoms with E-state index in [4.69, 9.17) is 13.9 Å². The molecule has 29 heavy (non-hydrogen) atoms. The lowest BCUT2D eigenvalue weighted by Gasteiger charge is -2.05. The zero-order chi connectivity index (χ0) is 20.4. The van der Waals surface area contributed by atoms with Crippen LogP contribution in [0.2, 0.25) is 0 Å². The number of fused-ring (bicyclic) bond motifs is 2. The van der Waals surface area contributed by atoms with Gasteiger partial charge < -0.3 is 19.2 Å². The van der Waals surface area contributed by atoms with Crippen molar-refractivity contribution in [3.63, 3.8) is 0 Å². The number of carbonyl (C=O) groups excluding carboxylic acids is 2. The molecule has 0 saturated carbocycles. The van der Waals surface area contributed by atoms with E-state index in [0.717, 1.165) is 15.5 Å². The molecule has 2 aromatic heterocycles. The Hall–Kier alpha value is -3.32. The van der Waals surface area contributed by atoms with Gasteiger partial charge in [-0.25, -0.2) is 4.79 Å². The van der Waals surface area contributed by atoms with Crippen molar-refractivity contribution in [2.75, 3.05) is 18.5 Å². The minimum Gasteiger partial charge on any atom is -0.490 e. The predicted molar refractivity (Wildman–Crippen MR) is 113 cm³/mol. The Balaban J connectivity index is 1.71. The molecule has 6 nitrogen and oxygen atoms in total. The fourth-order valence-electron chi connectivity index (χ4n) is 3.12. The van der Waals surface area contributed by atoms with Gasteiger partial charge in [0.25, 0.3) is 5.91 Å². The van der Waals surface area contributed by atoms with E-state index < -0.39 is 11.9 Å². The van der Waals surface area contributed by atoms with E-state index in [1.807, 2.05) is 43.3 Å². The van der Waals surface area contributed by atoms with Gasteiger partial charge >= 0.3 is 5.97 Å². The van der Waals surface area contributed by atoms with E-state index >= 15 is 0 Å². The smallest absolute Gasteiger partial charge is 0.341 e. The largest absolute Gasteiger partial charge is 0.490 e. The van der Waals surface area contributed by atoms with Crippen LogP contribution in [0, 0.1) is 0 Å².